The van der Waals surface area contributed by atoms with Crippen LogP contribution in [0.5, 0.6) is 11.5 Å². The quantitative estimate of drug-likeness (QED) is 0.915. The van der Waals surface area contributed by atoms with Crippen molar-refractivity contribution >= 4 is 18.3 Å². The predicted octanol–water partition coefficient (Wildman–Crippen LogP) is 1.49. The highest BCUT2D eigenvalue weighted by molar-refractivity contribution is 5.85. The van der Waals surface area contributed by atoms with Crippen LogP contribution in [-0.2, 0) is 11.2 Å². The first-order chi connectivity index (χ1) is 9.74. The molecular weight excluding hydrogens is 292 g/mol. The molecule has 2 rings (SSSR count). The second-order valence-corrected chi connectivity index (χ2v) is 4.85. The maximum Gasteiger partial charge on any atom is 0.227 e. The van der Waals surface area contributed by atoms with Crippen LogP contribution in [0.3, 0.4) is 0 Å². The summed E-state index contributed by atoms with van der Waals surface area (Å²) >= 11 is 0. The molecule has 118 valence electrons. The van der Waals surface area contributed by atoms with E-state index in [0.717, 1.165) is 38.2 Å². The van der Waals surface area contributed by atoms with Crippen LogP contribution in [0.1, 0.15) is 12.0 Å². The van der Waals surface area contributed by atoms with Crippen LogP contribution in [0, 0.1) is 0 Å². The van der Waals surface area contributed by atoms with Gasteiger partial charge in [0.15, 0.2) is 11.5 Å². The van der Waals surface area contributed by atoms with Crippen LogP contribution >= 0.6 is 12.4 Å². The summed E-state index contributed by atoms with van der Waals surface area (Å²) in [5.41, 5.74) is 0.949. The van der Waals surface area contributed by atoms with Crippen molar-refractivity contribution < 1.29 is 14.3 Å². The van der Waals surface area contributed by atoms with Crippen molar-refractivity contribution in [2.45, 2.75) is 12.8 Å². The van der Waals surface area contributed by atoms with E-state index in [-0.39, 0.29) is 18.3 Å². The summed E-state index contributed by atoms with van der Waals surface area (Å²) in [5.74, 6) is 1.51. The molecule has 1 aromatic rings. The lowest BCUT2D eigenvalue weighted by Gasteiger charge is -2.20. The molecule has 1 amide bonds. The van der Waals surface area contributed by atoms with Gasteiger partial charge >= 0.3 is 0 Å². The van der Waals surface area contributed by atoms with Crippen molar-refractivity contribution in [3.8, 4) is 11.5 Å². The first kappa shape index (κ1) is 17.6. The minimum atomic E-state index is 0. The highest BCUT2D eigenvalue weighted by Crippen LogP contribution is 2.27. The van der Waals surface area contributed by atoms with E-state index in [1.165, 1.54) is 0 Å². The largest absolute Gasteiger partial charge is 0.493 e. The maximum atomic E-state index is 12.3. The smallest absolute Gasteiger partial charge is 0.227 e. The molecule has 0 aliphatic carbocycles. The number of ether oxygens (including phenoxy) is 2. The maximum absolute atomic E-state index is 12.3. The summed E-state index contributed by atoms with van der Waals surface area (Å²) in [6.07, 6.45) is 1.41. The Morgan fingerprint density at radius 2 is 1.95 bits per heavy atom. The highest BCUT2D eigenvalue weighted by Gasteiger charge is 2.16. The number of hydrogen-bond acceptors (Lipinski definition) is 4. The van der Waals surface area contributed by atoms with E-state index in [1.54, 1.807) is 14.2 Å². The first-order valence-corrected chi connectivity index (χ1v) is 6.94. The van der Waals surface area contributed by atoms with Crippen molar-refractivity contribution in [1.82, 2.24) is 10.2 Å². The van der Waals surface area contributed by atoms with Crippen molar-refractivity contribution in [3.63, 3.8) is 0 Å². The summed E-state index contributed by atoms with van der Waals surface area (Å²) in [6.45, 7) is 3.48. The number of carbonyl (C=O) groups is 1. The number of rotatable bonds is 4. The molecule has 1 aliphatic heterocycles. The second-order valence-electron chi connectivity index (χ2n) is 4.85. The molecule has 5 nitrogen and oxygen atoms in total. The molecule has 0 bridgehead atoms. The van der Waals surface area contributed by atoms with Gasteiger partial charge in [0.2, 0.25) is 5.91 Å². The molecule has 21 heavy (non-hydrogen) atoms. The number of halogens is 1. The molecule has 6 heteroatoms. The minimum Gasteiger partial charge on any atom is -0.493 e. The second kappa shape index (κ2) is 8.74. The first-order valence-electron chi connectivity index (χ1n) is 6.94. The third-order valence-corrected chi connectivity index (χ3v) is 3.50. The Hall–Kier alpha value is -1.46. The normalized spacial score (nSPS) is 14.9. The molecule has 1 heterocycles. The van der Waals surface area contributed by atoms with Gasteiger partial charge in [-0.3, -0.25) is 4.79 Å². The molecular formula is C15H23ClN2O3. The fraction of sp³-hybridized carbons (Fsp3) is 0.533. The van der Waals surface area contributed by atoms with Gasteiger partial charge in [0.25, 0.3) is 0 Å². The van der Waals surface area contributed by atoms with Crippen LogP contribution in [-0.4, -0.2) is 51.2 Å². The number of carbonyl (C=O) groups excluding carboxylic acids is 1. The van der Waals surface area contributed by atoms with Gasteiger partial charge in [0.1, 0.15) is 0 Å². The molecule has 1 N–H and O–H groups in total. The topological polar surface area (TPSA) is 50.8 Å². The molecule has 0 spiro atoms. The van der Waals surface area contributed by atoms with Gasteiger partial charge in [0.05, 0.1) is 20.6 Å². The Labute approximate surface area is 132 Å². The number of benzene rings is 1. The predicted molar refractivity (Wildman–Crippen MR) is 84.6 cm³/mol. The van der Waals surface area contributed by atoms with E-state index < -0.39 is 0 Å². The van der Waals surface area contributed by atoms with Crippen LogP contribution in [0.25, 0.3) is 0 Å². The number of nitrogens with zero attached hydrogens (tertiary/aromatic N) is 1. The summed E-state index contributed by atoms with van der Waals surface area (Å²) < 4.78 is 10.5. The standard InChI is InChI=1S/C15H22N2O3.ClH/c1-19-13-5-4-12(10-14(13)20-2)11-15(18)17-8-3-6-16-7-9-17;/h4-5,10,16H,3,6-9,11H2,1-2H3;1H. The van der Waals surface area contributed by atoms with Crippen LogP contribution in [0.4, 0.5) is 0 Å². The third kappa shape index (κ3) is 4.79. The summed E-state index contributed by atoms with van der Waals surface area (Å²) in [5, 5.41) is 3.30. The highest BCUT2D eigenvalue weighted by atomic mass is 35.5. The zero-order chi connectivity index (χ0) is 14.4. The average molecular weight is 315 g/mol. The molecule has 0 aromatic heterocycles. The van der Waals surface area contributed by atoms with Gasteiger partial charge in [-0.15, -0.1) is 12.4 Å². The van der Waals surface area contributed by atoms with Crippen molar-refractivity contribution in [3.05, 3.63) is 23.8 Å². The minimum absolute atomic E-state index is 0. The fourth-order valence-electron chi connectivity index (χ4n) is 2.37. The zero-order valence-electron chi connectivity index (χ0n) is 12.6. The van der Waals surface area contributed by atoms with Crippen LogP contribution < -0.4 is 14.8 Å². The number of methoxy groups -OCH3 is 2. The monoisotopic (exact) mass is 314 g/mol. The molecule has 1 aromatic carbocycles. The number of hydrogen-bond donors (Lipinski definition) is 1. The molecule has 0 atom stereocenters. The van der Waals surface area contributed by atoms with Crippen LogP contribution in [0.2, 0.25) is 0 Å². The van der Waals surface area contributed by atoms with Gasteiger partial charge < -0.3 is 19.7 Å². The molecule has 0 saturated carbocycles. The van der Waals surface area contributed by atoms with Crippen LogP contribution in [0.15, 0.2) is 18.2 Å². The lowest BCUT2D eigenvalue weighted by molar-refractivity contribution is -0.130. The summed E-state index contributed by atoms with van der Waals surface area (Å²) in [7, 11) is 3.21. The average Bonchev–Trinajstić information content (AvgIpc) is 2.76. The Bertz CT molecular complexity index is 460. The van der Waals surface area contributed by atoms with E-state index in [4.69, 9.17) is 9.47 Å². The Morgan fingerprint density at radius 1 is 1.19 bits per heavy atom. The molecule has 1 saturated heterocycles. The Morgan fingerprint density at radius 3 is 2.67 bits per heavy atom. The molecule has 1 fully saturated rings. The van der Waals surface area contributed by atoms with Crippen molar-refractivity contribution in [2.75, 3.05) is 40.4 Å². The van der Waals surface area contributed by atoms with Crippen molar-refractivity contribution in [2.24, 2.45) is 0 Å². The van der Waals surface area contributed by atoms with Gasteiger partial charge in [-0.25, -0.2) is 0 Å². The number of amides is 1. The Balaban J connectivity index is 0.00000220. The van der Waals surface area contributed by atoms with Gasteiger partial charge in [0, 0.05) is 19.6 Å². The molecule has 0 unspecified atom stereocenters. The summed E-state index contributed by atoms with van der Waals surface area (Å²) in [6, 6.07) is 5.62. The molecule has 0 radical (unpaired) electrons. The van der Waals surface area contributed by atoms with E-state index in [0.29, 0.717) is 17.9 Å². The zero-order valence-corrected chi connectivity index (χ0v) is 13.4. The lowest BCUT2D eigenvalue weighted by atomic mass is 10.1. The van der Waals surface area contributed by atoms with Gasteiger partial charge in [-0.05, 0) is 30.7 Å². The van der Waals surface area contributed by atoms with Gasteiger partial charge in [-0.2, -0.15) is 0 Å². The fourth-order valence-corrected chi connectivity index (χ4v) is 2.37. The van der Waals surface area contributed by atoms with E-state index in [2.05, 4.69) is 5.32 Å². The third-order valence-electron chi connectivity index (χ3n) is 3.50. The number of nitrogens with one attached hydrogen (secondary N) is 1. The lowest BCUT2D eigenvalue weighted by Crippen LogP contribution is -2.35. The SMILES string of the molecule is COc1ccc(CC(=O)N2CCCNCC2)cc1OC.Cl. The van der Waals surface area contributed by atoms with E-state index in [1.807, 2.05) is 23.1 Å². The van der Waals surface area contributed by atoms with E-state index in [9.17, 15) is 4.79 Å². The summed E-state index contributed by atoms with van der Waals surface area (Å²) in [4.78, 5) is 14.2. The van der Waals surface area contributed by atoms with Crippen molar-refractivity contribution in [1.29, 1.82) is 0 Å². The van der Waals surface area contributed by atoms with E-state index >= 15 is 0 Å². The molecule has 1 aliphatic rings. The Kier molecular flexibility index (Phi) is 7.32. The van der Waals surface area contributed by atoms with Gasteiger partial charge in [-0.1, -0.05) is 6.07 Å².